The number of hydrogen-bond acceptors (Lipinski definition) is 6. The van der Waals surface area contributed by atoms with E-state index >= 15 is 0 Å². The van der Waals surface area contributed by atoms with Crippen molar-refractivity contribution in [3.05, 3.63) is 11.6 Å². The van der Waals surface area contributed by atoms with Crippen molar-refractivity contribution in [2.24, 2.45) is 38.9 Å². The van der Waals surface area contributed by atoms with E-state index in [1.54, 1.807) is 13.0 Å². The normalized spacial score (nSPS) is 42.0. The van der Waals surface area contributed by atoms with E-state index in [0.29, 0.717) is 0 Å². The highest BCUT2D eigenvalue weighted by Crippen LogP contribution is 2.73. The number of allylic oxidation sites excluding steroid dienone is 1. The van der Waals surface area contributed by atoms with Crippen LogP contribution in [0.4, 0.5) is 4.79 Å². The van der Waals surface area contributed by atoms with E-state index in [0.717, 1.165) is 50.5 Å². The maximum absolute atomic E-state index is 13.5. The van der Waals surface area contributed by atoms with E-state index in [2.05, 4.69) is 59.9 Å². The van der Waals surface area contributed by atoms with Crippen LogP contribution < -0.4 is 5.32 Å². The molecule has 1 amide bonds. The van der Waals surface area contributed by atoms with Crippen molar-refractivity contribution < 1.29 is 23.9 Å². The Balaban J connectivity index is 1.74. The number of nitrogens with zero attached hydrogens (tertiary/aromatic N) is 1. The first-order chi connectivity index (χ1) is 18.7. The molecule has 0 spiro atoms. The summed E-state index contributed by atoms with van der Waals surface area (Å²) in [6.45, 7) is 21.3. The largest absolute Gasteiger partial charge is 0.453 e. The fourth-order valence-electron chi connectivity index (χ4n) is 9.57. The Bertz CT molecular complexity index is 1210. The molecule has 0 aromatic rings. The van der Waals surface area contributed by atoms with Gasteiger partial charge in [-0.05, 0) is 86.0 Å². The fraction of sp³-hybridized carbons (Fsp3) is 0.824. The van der Waals surface area contributed by atoms with Gasteiger partial charge in [0.1, 0.15) is 12.2 Å². The average Bonchev–Trinajstić information content (AvgIpc) is 3.63. The summed E-state index contributed by atoms with van der Waals surface area (Å²) in [5.74, 6) is 0.0680. The molecular formula is C34H52N2O5. The summed E-state index contributed by atoms with van der Waals surface area (Å²) in [7, 11) is 1.42. The Morgan fingerprint density at radius 1 is 1.15 bits per heavy atom. The standard InChI is InChI=1S/C34H52N2O5/c1-21-19-28(3,4)14-16-33(21,36-27(39)40-11)17-15-29(5,6)31(9)13-12-23-30(7,8)25(38)34(20-35)26(41-34)32(23,10)24(31)18-22(2)37/h18,21,23,26H,12-17,19H2,1-11H3,(H,36,39)/b24-18+/t21?,23-,26+,31+,32-,33-,34-/m0/s1. The van der Waals surface area contributed by atoms with Gasteiger partial charge in [0.15, 0.2) is 11.6 Å². The molecule has 3 aliphatic carbocycles. The lowest BCUT2D eigenvalue weighted by molar-refractivity contribution is -0.142. The number of alkyl carbamates (subject to hydrolysis) is 1. The molecule has 0 radical (unpaired) electrons. The molecule has 1 N–H and O–H groups in total. The lowest BCUT2D eigenvalue weighted by Crippen LogP contribution is -2.62. The van der Waals surface area contributed by atoms with Crippen LogP contribution in [-0.4, -0.2) is 42.0 Å². The van der Waals surface area contributed by atoms with Crippen molar-refractivity contribution in [3.8, 4) is 6.07 Å². The third kappa shape index (κ3) is 4.58. The summed E-state index contributed by atoms with van der Waals surface area (Å²) in [6.07, 6.45) is 7.01. The van der Waals surface area contributed by atoms with Crippen LogP contribution in [0.1, 0.15) is 114 Å². The van der Waals surface area contributed by atoms with E-state index in [1.165, 1.54) is 7.11 Å². The highest BCUT2D eigenvalue weighted by molar-refractivity contribution is 6.00. The number of hydrogen-bond donors (Lipinski definition) is 1. The summed E-state index contributed by atoms with van der Waals surface area (Å²) in [5.41, 5.74) is -2.63. The second-order valence-corrected chi connectivity index (χ2v) is 16.2. The zero-order chi connectivity index (χ0) is 31.0. The van der Waals surface area contributed by atoms with Crippen molar-refractivity contribution in [2.45, 2.75) is 131 Å². The zero-order valence-corrected chi connectivity index (χ0v) is 27.2. The van der Waals surface area contributed by atoms with Gasteiger partial charge in [0.2, 0.25) is 5.60 Å². The predicted octanol–water partition coefficient (Wildman–Crippen LogP) is 6.94. The van der Waals surface area contributed by atoms with Crippen molar-refractivity contribution in [1.82, 2.24) is 5.32 Å². The number of ketones is 2. The van der Waals surface area contributed by atoms with Gasteiger partial charge in [-0.2, -0.15) is 5.26 Å². The first-order valence-corrected chi connectivity index (χ1v) is 15.4. The van der Waals surface area contributed by atoms with Gasteiger partial charge in [0.05, 0.1) is 7.11 Å². The number of carbonyl (C=O) groups is 3. The second kappa shape index (κ2) is 9.66. The summed E-state index contributed by atoms with van der Waals surface area (Å²) in [6, 6.07) is 2.23. The van der Waals surface area contributed by atoms with Gasteiger partial charge in [-0.15, -0.1) is 0 Å². The van der Waals surface area contributed by atoms with Crippen LogP contribution in [0.2, 0.25) is 0 Å². The number of epoxide rings is 1. The van der Waals surface area contributed by atoms with Crippen LogP contribution in [0.3, 0.4) is 0 Å². The number of nitriles is 1. The zero-order valence-electron chi connectivity index (χ0n) is 27.2. The average molecular weight is 569 g/mol. The minimum atomic E-state index is -1.44. The van der Waals surface area contributed by atoms with E-state index in [4.69, 9.17) is 9.47 Å². The van der Waals surface area contributed by atoms with Crippen LogP contribution >= 0.6 is 0 Å². The summed E-state index contributed by atoms with van der Waals surface area (Å²) < 4.78 is 11.2. The fourth-order valence-corrected chi connectivity index (χ4v) is 9.57. The van der Waals surface area contributed by atoms with Crippen molar-refractivity contribution in [2.75, 3.05) is 7.11 Å². The Labute approximate surface area is 247 Å². The van der Waals surface area contributed by atoms with Crippen LogP contribution in [-0.2, 0) is 19.1 Å². The summed E-state index contributed by atoms with van der Waals surface area (Å²) in [5, 5.41) is 13.4. The second-order valence-electron chi connectivity index (χ2n) is 16.2. The lowest BCUT2D eigenvalue weighted by atomic mass is 9.40. The molecule has 1 aliphatic heterocycles. The highest BCUT2D eigenvalue weighted by Gasteiger charge is 2.81. The first-order valence-electron chi connectivity index (χ1n) is 15.4. The van der Waals surface area contributed by atoms with Gasteiger partial charge < -0.3 is 14.8 Å². The Morgan fingerprint density at radius 2 is 1.78 bits per heavy atom. The van der Waals surface area contributed by atoms with Gasteiger partial charge in [-0.3, -0.25) is 9.59 Å². The Hall–Kier alpha value is -2.20. The van der Waals surface area contributed by atoms with E-state index in [-0.39, 0.29) is 39.8 Å². The monoisotopic (exact) mass is 568 g/mol. The lowest BCUT2D eigenvalue weighted by Gasteiger charge is -2.62. The molecule has 4 rings (SSSR count). The van der Waals surface area contributed by atoms with Crippen molar-refractivity contribution in [3.63, 3.8) is 0 Å². The summed E-state index contributed by atoms with van der Waals surface area (Å²) >= 11 is 0. The number of rotatable bonds is 6. The minimum Gasteiger partial charge on any atom is -0.453 e. The van der Waals surface area contributed by atoms with E-state index in [1.807, 2.05) is 13.8 Å². The first kappa shape index (κ1) is 31.7. The maximum Gasteiger partial charge on any atom is 0.407 e. The smallest absolute Gasteiger partial charge is 0.407 e. The SMILES string of the molecule is COC(=O)N[C@]1(CCC(C)(C)[C@]2(C)CC[C@H]3C(C)(C)C(=O)[C@]4(C#N)O[C@@H]4[C@]3(C)/C2=C/C(C)=O)CCC(C)(C)CC1C. The molecule has 1 heterocycles. The molecule has 4 fully saturated rings. The Morgan fingerprint density at radius 3 is 2.32 bits per heavy atom. The summed E-state index contributed by atoms with van der Waals surface area (Å²) in [4.78, 5) is 39.0. The number of ether oxygens (including phenoxy) is 2. The third-order valence-corrected chi connectivity index (χ3v) is 12.6. The molecule has 0 aromatic carbocycles. The third-order valence-electron chi connectivity index (χ3n) is 12.6. The molecule has 1 unspecified atom stereocenters. The van der Waals surface area contributed by atoms with Gasteiger partial charge in [0, 0.05) is 16.4 Å². The number of nitrogens with one attached hydrogen (secondary N) is 1. The van der Waals surface area contributed by atoms with E-state index < -0.39 is 34.0 Å². The van der Waals surface area contributed by atoms with Crippen molar-refractivity contribution in [1.29, 1.82) is 5.26 Å². The number of Topliss-reactive ketones (excluding diaryl/α,β-unsaturated/α-hetero) is 1. The van der Waals surface area contributed by atoms with Gasteiger partial charge in [-0.25, -0.2) is 4.79 Å². The van der Waals surface area contributed by atoms with Gasteiger partial charge in [0.25, 0.3) is 0 Å². The molecule has 4 aliphatic rings. The Kier molecular flexibility index (Phi) is 7.47. The molecule has 0 bridgehead atoms. The van der Waals surface area contributed by atoms with Crippen molar-refractivity contribution >= 4 is 17.7 Å². The van der Waals surface area contributed by atoms with Crippen LogP contribution in [0.15, 0.2) is 11.6 Å². The quantitative estimate of drug-likeness (QED) is 0.275. The predicted molar refractivity (Wildman–Crippen MR) is 158 cm³/mol. The van der Waals surface area contributed by atoms with Crippen LogP contribution in [0.25, 0.3) is 0 Å². The number of fused-ring (bicyclic) bond motifs is 3. The molecule has 1 saturated heterocycles. The maximum atomic E-state index is 13.5. The number of methoxy groups -OCH3 is 1. The highest BCUT2D eigenvalue weighted by atomic mass is 16.6. The van der Waals surface area contributed by atoms with Crippen LogP contribution in [0.5, 0.6) is 0 Å². The van der Waals surface area contributed by atoms with E-state index in [9.17, 15) is 19.6 Å². The molecular weight excluding hydrogens is 516 g/mol. The number of amides is 1. The molecule has 228 valence electrons. The minimum absolute atomic E-state index is 0.0335. The molecule has 7 heteroatoms. The van der Waals surface area contributed by atoms with Crippen LogP contribution in [0, 0.1) is 50.2 Å². The molecule has 7 atom stereocenters. The van der Waals surface area contributed by atoms with Gasteiger partial charge in [-0.1, -0.05) is 67.9 Å². The topological polar surface area (TPSA) is 109 Å². The molecule has 7 nitrogen and oxygen atoms in total. The molecule has 3 saturated carbocycles. The van der Waals surface area contributed by atoms with Gasteiger partial charge >= 0.3 is 6.09 Å². The molecule has 0 aromatic heterocycles. The number of carbonyl (C=O) groups excluding carboxylic acids is 3. The molecule has 41 heavy (non-hydrogen) atoms.